The van der Waals surface area contributed by atoms with Crippen molar-refractivity contribution in [2.75, 3.05) is 13.1 Å². The molecule has 214 valence electrons. The summed E-state index contributed by atoms with van der Waals surface area (Å²) in [6.07, 6.45) is 5.39. The Morgan fingerprint density at radius 3 is 2.33 bits per heavy atom. The van der Waals surface area contributed by atoms with Gasteiger partial charge in [-0.3, -0.25) is 29.0 Å². The minimum atomic E-state index is -0.646. The van der Waals surface area contributed by atoms with Crippen molar-refractivity contribution < 1.29 is 24.3 Å². The summed E-state index contributed by atoms with van der Waals surface area (Å²) in [7, 11) is 0. The molecule has 0 saturated carbocycles. The largest absolute Gasteiger partial charge is 0.508 e. The molecule has 1 N–H and O–H groups in total. The van der Waals surface area contributed by atoms with Crippen molar-refractivity contribution in [2.45, 2.75) is 44.2 Å². The lowest BCUT2D eigenvalue weighted by molar-refractivity contribution is -0.144. The highest BCUT2D eigenvalue weighted by molar-refractivity contribution is 9.12. The van der Waals surface area contributed by atoms with Crippen LogP contribution in [0.25, 0.3) is 0 Å². The molecule has 2 fully saturated rings. The summed E-state index contributed by atoms with van der Waals surface area (Å²) in [6.45, 7) is 2.46. The predicted molar refractivity (Wildman–Crippen MR) is 159 cm³/mol. The van der Waals surface area contributed by atoms with Crippen molar-refractivity contribution in [1.82, 2.24) is 9.80 Å². The molecule has 7 rings (SSSR count). The van der Waals surface area contributed by atoms with Crippen molar-refractivity contribution in [3.05, 3.63) is 99.1 Å². The Hall–Kier alpha value is -3.62. The molecule has 2 aromatic rings. The van der Waals surface area contributed by atoms with Crippen molar-refractivity contribution >= 4 is 39.3 Å². The normalized spacial score (nSPS) is 28.4. The standard InChI is InChI=1S/C34H31BrN2O5/c35-26-17-28(39)31-25(32(26)40)16-24-21(29(31)22-8-4-5-9-27(22)38)10-11-23-30(24)34(42)37(33(23)41)20-12-14-36(15-13-20)18-19-6-2-1-3-7-19/h1-10,17,20,23-24,29-30,38H,11-16,18H2/t23-,24+,29+,30-/m0/s1. The molecule has 8 heteroatoms. The summed E-state index contributed by atoms with van der Waals surface area (Å²) < 4.78 is 0.194. The second-order valence-electron chi connectivity index (χ2n) is 12.0. The molecular formula is C34H31BrN2O5. The number of phenols is 1. The zero-order chi connectivity index (χ0) is 29.1. The summed E-state index contributed by atoms with van der Waals surface area (Å²) in [5, 5.41) is 10.9. The molecule has 0 aromatic heterocycles. The fraction of sp³-hybridized carbons (Fsp3) is 0.353. The van der Waals surface area contributed by atoms with Gasteiger partial charge >= 0.3 is 0 Å². The number of rotatable bonds is 4. The van der Waals surface area contributed by atoms with E-state index in [4.69, 9.17) is 0 Å². The Labute approximate surface area is 252 Å². The van der Waals surface area contributed by atoms with Gasteiger partial charge in [0.2, 0.25) is 11.8 Å². The number of para-hydroxylation sites is 1. The summed E-state index contributed by atoms with van der Waals surface area (Å²) in [5.41, 5.74) is 3.37. The molecule has 2 heterocycles. The number of phenolic OH excluding ortho intramolecular Hbond substituents is 1. The first kappa shape index (κ1) is 27.2. The minimum absolute atomic E-state index is 0.0320. The number of hydrogen-bond donors (Lipinski definition) is 1. The van der Waals surface area contributed by atoms with Gasteiger partial charge < -0.3 is 5.11 Å². The van der Waals surface area contributed by atoms with Crippen LogP contribution < -0.4 is 0 Å². The zero-order valence-corrected chi connectivity index (χ0v) is 24.6. The molecule has 3 aliphatic carbocycles. The molecular weight excluding hydrogens is 596 g/mol. The number of imide groups is 1. The monoisotopic (exact) mass is 626 g/mol. The molecule has 2 amide bonds. The Bertz CT molecular complexity index is 1600. The first-order chi connectivity index (χ1) is 20.3. The number of halogens is 1. The first-order valence-corrected chi connectivity index (χ1v) is 15.4. The van der Waals surface area contributed by atoms with Crippen LogP contribution in [0.1, 0.15) is 42.7 Å². The lowest BCUT2D eigenvalue weighted by Crippen LogP contribution is -2.47. The van der Waals surface area contributed by atoms with E-state index in [0.717, 1.165) is 38.0 Å². The van der Waals surface area contributed by atoms with E-state index in [0.29, 0.717) is 23.1 Å². The highest BCUT2D eigenvalue weighted by Gasteiger charge is 2.57. The lowest BCUT2D eigenvalue weighted by Gasteiger charge is -2.42. The molecule has 0 radical (unpaired) electrons. The SMILES string of the molecule is O=C1C=C(Br)C(=O)C2=C1[C@@H](c1ccccc1O)C1=CC[C@@H]3C(=O)N(C4CCN(Cc5ccccc5)CC4)C(=O)[C@@H]3[C@@H]1C2. The number of fused-ring (bicyclic) bond motifs is 3. The lowest BCUT2D eigenvalue weighted by atomic mass is 9.59. The van der Waals surface area contributed by atoms with E-state index in [1.54, 1.807) is 24.3 Å². The molecule has 5 aliphatic rings. The smallest absolute Gasteiger partial charge is 0.233 e. The molecule has 0 spiro atoms. The Morgan fingerprint density at radius 2 is 1.60 bits per heavy atom. The van der Waals surface area contributed by atoms with Crippen LogP contribution in [0.2, 0.25) is 0 Å². The number of piperidine rings is 1. The summed E-state index contributed by atoms with van der Waals surface area (Å²) in [6, 6.07) is 17.0. The van der Waals surface area contributed by atoms with Crippen LogP contribution in [0.4, 0.5) is 0 Å². The molecule has 2 aromatic carbocycles. The number of nitrogens with zero attached hydrogens (tertiary/aromatic N) is 2. The maximum Gasteiger partial charge on any atom is 0.233 e. The molecule has 4 atom stereocenters. The fourth-order valence-electron chi connectivity index (χ4n) is 7.86. The van der Waals surface area contributed by atoms with E-state index in [1.165, 1.54) is 16.5 Å². The molecule has 7 nitrogen and oxygen atoms in total. The summed E-state index contributed by atoms with van der Waals surface area (Å²) >= 11 is 3.26. The van der Waals surface area contributed by atoms with Crippen LogP contribution in [0.3, 0.4) is 0 Å². The Morgan fingerprint density at radius 1 is 0.881 bits per heavy atom. The van der Waals surface area contributed by atoms with Crippen LogP contribution in [-0.2, 0) is 25.7 Å². The number of likely N-dealkylation sites (tertiary alicyclic amines) is 2. The van der Waals surface area contributed by atoms with E-state index in [2.05, 4.69) is 33.0 Å². The highest BCUT2D eigenvalue weighted by atomic mass is 79.9. The van der Waals surface area contributed by atoms with Gasteiger partial charge in [-0.25, -0.2) is 0 Å². The molecule has 0 bridgehead atoms. The third-order valence-corrected chi connectivity index (χ3v) is 10.4. The van der Waals surface area contributed by atoms with Gasteiger partial charge in [-0.15, -0.1) is 0 Å². The number of ketones is 2. The molecule has 42 heavy (non-hydrogen) atoms. The summed E-state index contributed by atoms with van der Waals surface area (Å²) in [4.78, 5) is 58.6. The van der Waals surface area contributed by atoms with E-state index in [1.807, 2.05) is 24.3 Å². The second kappa shape index (κ2) is 10.6. The first-order valence-electron chi connectivity index (χ1n) is 14.6. The van der Waals surface area contributed by atoms with Crippen LogP contribution in [-0.4, -0.2) is 57.4 Å². The van der Waals surface area contributed by atoms with Gasteiger partial charge in [0.15, 0.2) is 11.6 Å². The number of carbonyl (C=O) groups excluding carboxylic acids is 4. The quantitative estimate of drug-likeness (QED) is 0.297. The Balaban J connectivity index is 1.18. The third-order valence-electron chi connectivity index (χ3n) is 9.78. The van der Waals surface area contributed by atoms with Crippen LogP contribution in [0.15, 0.2) is 88.0 Å². The van der Waals surface area contributed by atoms with Crippen molar-refractivity contribution in [3.8, 4) is 5.75 Å². The number of benzene rings is 2. The topological polar surface area (TPSA) is 95.0 Å². The molecule has 2 aliphatic heterocycles. The van der Waals surface area contributed by atoms with Gasteiger partial charge in [-0.1, -0.05) is 60.2 Å². The van der Waals surface area contributed by atoms with Crippen molar-refractivity contribution in [3.63, 3.8) is 0 Å². The van der Waals surface area contributed by atoms with Gasteiger partial charge in [0.05, 0.1) is 16.3 Å². The zero-order valence-electron chi connectivity index (χ0n) is 23.0. The Kier molecular flexibility index (Phi) is 6.86. The van der Waals surface area contributed by atoms with Crippen LogP contribution >= 0.6 is 15.9 Å². The van der Waals surface area contributed by atoms with Gasteiger partial charge in [0, 0.05) is 54.4 Å². The average molecular weight is 628 g/mol. The van der Waals surface area contributed by atoms with E-state index in [-0.39, 0.29) is 46.1 Å². The van der Waals surface area contributed by atoms with Crippen LogP contribution in [0, 0.1) is 17.8 Å². The number of allylic oxidation sites excluding steroid dienone is 6. The number of amides is 2. The second-order valence-corrected chi connectivity index (χ2v) is 12.8. The predicted octanol–water partition coefficient (Wildman–Crippen LogP) is 4.82. The van der Waals surface area contributed by atoms with Gasteiger partial charge in [0.25, 0.3) is 0 Å². The maximum atomic E-state index is 14.2. The highest BCUT2D eigenvalue weighted by Crippen LogP contribution is 2.56. The number of hydrogen-bond acceptors (Lipinski definition) is 6. The fourth-order valence-corrected chi connectivity index (χ4v) is 8.30. The number of aromatic hydroxyl groups is 1. The average Bonchev–Trinajstić information content (AvgIpc) is 3.25. The van der Waals surface area contributed by atoms with Crippen molar-refractivity contribution in [1.29, 1.82) is 0 Å². The number of carbonyl (C=O) groups is 4. The van der Waals surface area contributed by atoms with Gasteiger partial charge in [-0.2, -0.15) is 0 Å². The minimum Gasteiger partial charge on any atom is -0.508 e. The molecule has 0 unspecified atom stereocenters. The third kappa shape index (κ3) is 4.34. The van der Waals surface area contributed by atoms with E-state index in [9.17, 15) is 24.3 Å². The number of Topliss-reactive ketones (excluding diaryl/α,β-unsaturated/α-hetero) is 1. The van der Waals surface area contributed by atoms with Crippen LogP contribution in [0.5, 0.6) is 5.75 Å². The maximum absolute atomic E-state index is 14.2. The molecule has 2 saturated heterocycles. The van der Waals surface area contributed by atoms with Crippen molar-refractivity contribution in [2.24, 2.45) is 17.8 Å². The van der Waals surface area contributed by atoms with Gasteiger partial charge in [0.1, 0.15) is 5.75 Å². The van der Waals surface area contributed by atoms with E-state index < -0.39 is 23.7 Å². The summed E-state index contributed by atoms with van der Waals surface area (Å²) in [5.74, 6) is -2.91. The van der Waals surface area contributed by atoms with E-state index >= 15 is 0 Å². The van der Waals surface area contributed by atoms with Gasteiger partial charge in [-0.05, 0) is 59.2 Å².